The topological polar surface area (TPSA) is 29.0 Å². The van der Waals surface area contributed by atoms with Crippen LogP contribution in [0.25, 0.3) is 22.5 Å². The van der Waals surface area contributed by atoms with Crippen molar-refractivity contribution in [2.75, 3.05) is 4.90 Å². The molecule has 2 heterocycles. The molecule has 2 aromatic heterocycles. The Bertz CT molecular complexity index is 1190. The standard InChI is InChI=1S/C28H19N3.Pt/c1-2-12-24(13-3-1)31(25-14-8-10-22(20-25)27-16-4-6-18-29-27)26-15-9-11-23(21-26)28-17-5-7-19-30-28;/h1-19H;/q-2;+2. The van der Waals surface area contributed by atoms with Crippen molar-refractivity contribution in [2.24, 2.45) is 0 Å². The number of aromatic nitrogens is 2. The van der Waals surface area contributed by atoms with Crippen LogP contribution in [0.2, 0.25) is 0 Å². The normalized spacial score (nSPS) is 10.2. The molecule has 0 saturated heterocycles. The average Bonchev–Trinajstić information content (AvgIpc) is 2.86. The molecule has 0 aliphatic heterocycles. The Hall–Kier alpha value is -3.55. The van der Waals surface area contributed by atoms with E-state index in [-0.39, 0.29) is 21.1 Å². The summed E-state index contributed by atoms with van der Waals surface area (Å²) in [6.45, 7) is 0. The van der Waals surface area contributed by atoms with Gasteiger partial charge in [0.25, 0.3) is 0 Å². The molecule has 0 unspecified atom stereocenters. The van der Waals surface area contributed by atoms with E-state index in [0.717, 1.165) is 39.6 Å². The molecule has 5 aromatic rings. The Morgan fingerprint density at radius 1 is 0.500 bits per heavy atom. The summed E-state index contributed by atoms with van der Waals surface area (Å²) in [5.41, 5.74) is 6.55. The Morgan fingerprint density at radius 2 is 1.00 bits per heavy atom. The van der Waals surface area contributed by atoms with Crippen molar-refractivity contribution in [1.82, 2.24) is 9.97 Å². The first-order valence-electron chi connectivity index (χ1n) is 10.1. The van der Waals surface area contributed by atoms with Crippen molar-refractivity contribution in [2.45, 2.75) is 0 Å². The Morgan fingerprint density at radius 3 is 1.47 bits per heavy atom. The number of hydrogen-bond acceptors (Lipinski definition) is 3. The van der Waals surface area contributed by atoms with Crippen molar-refractivity contribution in [3.05, 3.63) is 128 Å². The molecule has 0 radical (unpaired) electrons. The first-order chi connectivity index (χ1) is 15.4. The van der Waals surface area contributed by atoms with Gasteiger partial charge in [0.05, 0.1) is 0 Å². The Labute approximate surface area is 202 Å². The Kier molecular flexibility index (Phi) is 6.89. The zero-order valence-corrected chi connectivity index (χ0v) is 19.4. The molecule has 0 atom stereocenters. The SMILES string of the molecule is [Pt+2].[c-]1c(-c2ccccn2)cccc1N(c1[c-]c(-c2ccccn2)ccc1)c1ccccc1. The van der Waals surface area contributed by atoms with Crippen molar-refractivity contribution in [3.8, 4) is 22.5 Å². The van der Waals surface area contributed by atoms with Crippen LogP contribution in [-0.4, -0.2) is 9.97 Å². The predicted octanol–water partition coefficient (Wildman–Crippen LogP) is 6.88. The maximum absolute atomic E-state index is 4.48. The van der Waals surface area contributed by atoms with Crippen LogP contribution in [0.4, 0.5) is 17.1 Å². The van der Waals surface area contributed by atoms with Gasteiger partial charge in [-0.1, -0.05) is 42.5 Å². The molecule has 0 amide bonds. The number of rotatable bonds is 5. The van der Waals surface area contributed by atoms with Crippen LogP contribution in [0.5, 0.6) is 0 Å². The Balaban J connectivity index is 0.00000245. The van der Waals surface area contributed by atoms with Crippen LogP contribution in [0, 0.1) is 12.1 Å². The van der Waals surface area contributed by atoms with Crippen LogP contribution in [0.3, 0.4) is 0 Å². The van der Waals surface area contributed by atoms with Gasteiger partial charge in [0, 0.05) is 18.1 Å². The van der Waals surface area contributed by atoms with Crippen molar-refractivity contribution in [3.63, 3.8) is 0 Å². The molecule has 4 heteroatoms. The van der Waals surface area contributed by atoms with Crippen LogP contribution in [-0.2, 0) is 21.1 Å². The summed E-state index contributed by atoms with van der Waals surface area (Å²) < 4.78 is 0. The van der Waals surface area contributed by atoms with Crippen molar-refractivity contribution >= 4 is 17.1 Å². The van der Waals surface area contributed by atoms with Crippen molar-refractivity contribution < 1.29 is 21.1 Å². The van der Waals surface area contributed by atoms with E-state index < -0.39 is 0 Å². The second-order valence-corrected chi connectivity index (χ2v) is 7.00. The molecule has 0 aliphatic carbocycles. The van der Waals surface area contributed by atoms with Gasteiger partial charge in [-0.15, -0.1) is 59.7 Å². The minimum Gasteiger partial charge on any atom is -0.346 e. The smallest absolute Gasteiger partial charge is 0.346 e. The van der Waals surface area contributed by atoms with E-state index in [0.29, 0.717) is 0 Å². The molecule has 5 rings (SSSR count). The number of benzene rings is 3. The van der Waals surface area contributed by atoms with E-state index in [2.05, 4.69) is 51.3 Å². The molecule has 32 heavy (non-hydrogen) atoms. The number of anilines is 3. The van der Waals surface area contributed by atoms with Crippen LogP contribution in [0.1, 0.15) is 0 Å². The van der Waals surface area contributed by atoms with E-state index >= 15 is 0 Å². The van der Waals surface area contributed by atoms with Gasteiger partial charge in [-0.05, 0) is 47.0 Å². The third-order valence-corrected chi connectivity index (χ3v) is 4.94. The quantitative estimate of drug-likeness (QED) is 0.209. The molecule has 0 bridgehead atoms. The third kappa shape index (κ3) is 4.69. The molecule has 3 nitrogen and oxygen atoms in total. The third-order valence-electron chi connectivity index (χ3n) is 4.94. The van der Waals surface area contributed by atoms with Gasteiger partial charge >= 0.3 is 21.1 Å². The molecule has 0 aliphatic rings. The molecule has 156 valence electrons. The van der Waals surface area contributed by atoms with Gasteiger partial charge in [0.15, 0.2) is 0 Å². The van der Waals surface area contributed by atoms with E-state index in [1.807, 2.05) is 78.9 Å². The van der Waals surface area contributed by atoms with Gasteiger partial charge in [-0.25, -0.2) is 0 Å². The second kappa shape index (κ2) is 10.2. The largest absolute Gasteiger partial charge is 2.00 e. The summed E-state index contributed by atoms with van der Waals surface area (Å²) in [6.07, 6.45) is 3.60. The minimum absolute atomic E-state index is 0. The first kappa shape index (κ1) is 21.7. The molecule has 0 saturated carbocycles. The average molecular weight is 593 g/mol. The summed E-state index contributed by atoms with van der Waals surface area (Å²) in [6, 6.07) is 41.4. The summed E-state index contributed by atoms with van der Waals surface area (Å²) in [5, 5.41) is 0. The van der Waals surface area contributed by atoms with Gasteiger partial charge < -0.3 is 14.9 Å². The zero-order valence-electron chi connectivity index (χ0n) is 17.1. The van der Waals surface area contributed by atoms with Gasteiger partial charge in [0.2, 0.25) is 0 Å². The van der Waals surface area contributed by atoms with Crippen LogP contribution >= 0.6 is 0 Å². The second-order valence-electron chi connectivity index (χ2n) is 7.00. The predicted molar refractivity (Wildman–Crippen MR) is 125 cm³/mol. The summed E-state index contributed by atoms with van der Waals surface area (Å²) >= 11 is 0. The van der Waals surface area contributed by atoms with E-state index in [9.17, 15) is 0 Å². The summed E-state index contributed by atoms with van der Waals surface area (Å²) in [7, 11) is 0. The number of pyridine rings is 2. The molecular weight excluding hydrogens is 573 g/mol. The zero-order chi connectivity index (χ0) is 20.9. The fraction of sp³-hybridized carbons (Fsp3) is 0. The van der Waals surface area contributed by atoms with Crippen LogP contribution in [0.15, 0.2) is 116 Å². The number of para-hydroxylation sites is 1. The van der Waals surface area contributed by atoms with E-state index in [1.165, 1.54) is 0 Å². The molecular formula is C28H19N3Pt. The molecule has 0 spiro atoms. The van der Waals surface area contributed by atoms with E-state index in [4.69, 9.17) is 0 Å². The molecule has 0 N–H and O–H groups in total. The van der Waals surface area contributed by atoms with Gasteiger partial charge in [-0.3, -0.25) is 0 Å². The molecule has 3 aromatic carbocycles. The molecule has 0 fully saturated rings. The first-order valence-corrected chi connectivity index (χ1v) is 10.1. The summed E-state index contributed by atoms with van der Waals surface area (Å²) in [4.78, 5) is 11.1. The number of nitrogens with zero attached hydrogens (tertiary/aromatic N) is 3. The maximum atomic E-state index is 4.48. The van der Waals surface area contributed by atoms with Gasteiger partial charge in [0.1, 0.15) is 0 Å². The summed E-state index contributed by atoms with van der Waals surface area (Å²) in [5.74, 6) is 0. The maximum Gasteiger partial charge on any atom is 2.00 e. The van der Waals surface area contributed by atoms with Crippen molar-refractivity contribution in [1.29, 1.82) is 0 Å². The van der Waals surface area contributed by atoms with E-state index in [1.54, 1.807) is 12.4 Å². The van der Waals surface area contributed by atoms with Crippen LogP contribution < -0.4 is 4.90 Å². The fourth-order valence-electron chi connectivity index (χ4n) is 3.50. The number of hydrogen-bond donors (Lipinski definition) is 0. The fourth-order valence-corrected chi connectivity index (χ4v) is 3.50. The van der Waals surface area contributed by atoms with Gasteiger partial charge in [-0.2, -0.15) is 0 Å². The minimum atomic E-state index is 0. The monoisotopic (exact) mass is 592 g/mol.